The van der Waals surface area contributed by atoms with E-state index in [1.807, 2.05) is 0 Å². The summed E-state index contributed by atoms with van der Waals surface area (Å²) in [4.78, 5) is 12.4. The number of fused-ring (bicyclic) bond motifs is 2. The average Bonchev–Trinajstić information content (AvgIpc) is 2.98. The summed E-state index contributed by atoms with van der Waals surface area (Å²) in [5.41, 5.74) is 0.729. The van der Waals surface area contributed by atoms with Crippen LogP contribution in [-0.2, 0) is 10.0 Å². The van der Waals surface area contributed by atoms with Crippen LogP contribution in [-0.4, -0.2) is 26.6 Å². The van der Waals surface area contributed by atoms with Crippen LogP contribution in [0.4, 0.5) is 5.69 Å². The van der Waals surface area contributed by atoms with Gasteiger partial charge in [0, 0.05) is 11.7 Å². The van der Waals surface area contributed by atoms with Crippen LogP contribution >= 0.6 is 11.6 Å². The molecule has 2 bridgehead atoms. The molecule has 120 valence electrons. The second-order valence-electron chi connectivity index (χ2n) is 6.32. The Morgan fingerprint density at radius 1 is 1.27 bits per heavy atom. The molecule has 3 unspecified atom stereocenters. The fraction of sp³-hybridized carbons (Fsp3) is 0.533. The third-order valence-corrected chi connectivity index (χ3v) is 5.49. The lowest BCUT2D eigenvalue weighted by atomic mass is 9.95. The number of carbonyl (C=O) groups is 1. The minimum Gasteiger partial charge on any atom is -0.349 e. The first-order valence-electron chi connectivity index (χ1n) is 7.40. The van der Waals surface area contributed by atoms with E-state index >= 15 is 0 Å². The van der Waals surface area contributed by atoms with Gasteiger partial charge in [0.1, 0.15) is 0 Å². The van der Waals surface area contributed by atoms with Gasteiger partial charge in [0.2, 0.25) is 10.0 Å². The van der Waals surface area contributed by atoms with E-state index in [-0.39, 0.29) is 17.0 Å². The molecule has 22 heavy (non-hydrogen) atoms. The summed E-state index contributed by atoms with van der Waals surface area (Å²) in [6.45, 7) is 0. The molecule has 0 heterocycles. The van der Waals surface area contributed by atoms with Crippen LogP contribution in [0.1, 0.15) is 36.0 Å². The maximum absolute atomic E-state index is 12.4. The van der Waals surface area contributed by atoms with Gasteiger partial charge in [0.25, 0.3) is 5.91 Å². The van der Waals surface area contributed by atoms with Crippen LogP contribution in [0.15, 0.2) is 18.2 Å². The molecule has 3 atom stereocenters. The Morgan fingerprint density at radius 2 is 2.05 bits per heavy atom. The van der Waals surface area contributed by atoms with E-state index in [0.29, 0.717) is 17.2 Å². The summed E-state index contributed by atoms with van der Waals surface area (Å²) in [6, 6.07) is 4.80. The summed E-state index contributed by atoms with van der Waals surface area (Å²) >= 11 is 6.12. The summed E-state index contributed by atoms with van der Waals surface area (Å²) in [5.74, 6) is 1.17. The standard InChI is InChI=1S/C15H19ClN2O3S/c1-22(20,21)18-11-4-5-12(13(16)8-11)15(19)17-14-7-9-2-3-10(14)6-9/h4-5,8-10,14,18H,2-3,6-7H2,1H3,(H,17,19). The van der Waals surface area contributed by atoms with E-state index in [1.165, 1.54) is 25.3 Å². The topological polar surface area (TPSA) is 75.3 Å². The molecular formula is C15H19ClN2O3S. The number of nitrogens with one attached hydrogen (secondary N) is 2. The number of amides is 1. The van der Waals surface area contributed by atoms with Gasteiger partial charge in [-0.2, -0.15) is 0 Å². The van der Waals surface area contributed by atoms with E-state index in [4.69, 9.17) is 11.6 Å². The van der Waals surface area contributed by atoms with Crippen molar-refractivity contribution in [2.24, 2.45) is 11.8 Å². The quantitative estimate of drug-likeness (QED) is 0.883. The van der Waals surface area contributed by atoms with E-state index < -0.39 is 10.0 Å². The van der Waals surface area contributed by atoms with Gasteiger partial charge in [-0.25, -0.2) is 8.42 Å². The van der Waals surface area contributed by atoms with Gasteiger partial charge in [-0.3, -0.25) is 9.52 Å². The van der Waals surface area contributed by atoms with Crippen molar-refractivity contribution in [2.45, 2.75) is 31.7 Å². The molecule has 5 nitrogen and oxygen atoms in total. The number of hydrogen-bond acceptors (Lipinski definition) is 3. The normalized spacial score (nSPS) is 26.9. The zero-order valence-electron chi connectivity index (χ0n) is 12.3. The van der Waals surface area contributed by atoms with Crippen LogP contribution in [0.5, 0.6) is 0 Å². The predicted molar refractivity (Wildman–Crippen MR) is 86.6 cm³/mol. The fourth-order valence-electron chi connectivity index (χ4n) is 3.64. The third kappa shape index (κ3) is 3.38. The van der Waals surface area contributed by atoms with Gasteiger partial charge in [0.05, 0.1) is 16.8 Å². The lowest BCUT2D eigenvalue weighted by Crippen LogP contribution is -2.38. The highest BCUT2D eigenvalue weighted by Gasteiger charge is 2.40. The summed E-state index contributed by atoms with van der Waals surface area (Å²) < 4.78 is 24.7. The minimum absolute atomic E-state index is 0.187. The van der Waals surface area contributed by atoms with Crippen molar-refractivity contribution in [3.8, 4) is 0 Å². The summed E-state index contributed by atoms with van der Waals surface area (Å²) in [5, 5.41) is 3.32. The molecule has 0 aromatic heterocycles. The van der Waals surface area contributed by atoms with Crippen LogP contribution in [0, 0.1) is 11.8 Å². The molecule has 2 aliphatic rings. The lowest BCUT2D eigenvalue weighted by Gasteiger charge is -2.23. The number of benzene rings is 1. The van der Waals surface area contributed by atoms with Crippen LogP contribution in [0.2, 0.25) is 5.02 Å². The zero-order chi connectivity index (χ0) is 15.9. The second-order valence-corrected chi connectivity index (χ2v) is 8.48. The van der Waals surface area contributed by atoms with Crippen molar-refractivity contribution in [2.75, 3.05) is 11.0 Å². The molecule has 0 aliphatic heterocycles. The van der Waals surface area contributed by atoms with Crippen molar-refractivity contribution in [3.63, 3.8) is 0 Å². The van der Waals surface area contributed by atoms with Gasteiger partial charge < -0.3 is 5.32 Å². The van der Waals surface area contributed by atoms with E-state index in [2.05, 4.69) is 10.0 Å². The Labute approximate surface area is 135 Å². The first-order valence-corrected chi connectivity index (χ1v) is 9.67. The Bertz CT molecular complexity index is 705. The van der Waals surface area contributed by atoms with Gasteiger partial charge >= 0.3 is 0 Å². The maximum atomic E-state index is 12.4. The zero-order valence-corrected chi connectivity index (χ0v) is 13.9. The molecule has 1 amide bonds. The number of halogens is 1. The Balaban J connectivity index is 1.70. The lowest BCUT2D eigenvalue weighted by molar-refractivity contribution is 0.0923. The molecule has 0 saturated heterocycles. The fourth-order valence-corrected chi connectivity index (χ4v) is 4.47. The van der Waals surface area contributed by atoms with Crippen molar-refractivity contribution >= 4 is 33.2 Å². The molecule has 2 N–H and O–H groups in total. The molecular weight excluding hydrogens is 324 g/mol. The second kappa shape index (κ2) is 5.74. The predicted octanol–water partition coefficient (Wildman–Crippen LogP) is 2.63. The van der Waals surface area contributed by atoms with E-state index in [1.54, 1.807) is 12.1 Å². The van der Waals surface area contributed by atoms with Crippen LogP contribution in [0.3, 0.4) is 0 Å². The molecule has 1 aromatic carbocycles. The van der Waals surface area contributed by atoms with Crippen molar-refractivity contribution in [1.29, 1.82) is 0 Å². The van der Waals surface area contributed by atoms with Crippen molar-refractivity contribution in [1.82, 2.24) is 5.32 Å². The van der Waals surface area contributed by atoms with Gasteiger partial charge in [-0.1, -0.05) is 18.0 Å². The molecule has 0 spiro atoms. The number of sulfonamides is 1. The monoisotopic (exact) mass is 342 g/mol. The maximum Gasteiger partial charge on any atom is 0.253 e. The molecule has 2 saturated carbocycles. The van der Waals surface area contributed by atoms with Gasteiger partial charge in [0.15, 0.2) is 0 Å². The molecule has 2 aliphatic carbocycles. The van der Waals surface area contributed by atoms with Crippen LogP contribution < -0.4 is 10.0 Å². The van der Waals surface area contributed by atoms with Gasteiger partial charge in [-0.05, 0) is 49.3 Å². The highest BCUT2D eigenvalue weighted by atomic mass is 35.5. The largest absolute Gasteiger partial charge is 0.349 e. The van der Waals surface area contributed by atoms with Crippen LogP contribution in [0.25, 0.3) is 0 Å². The van der Waals surface area contributed by atoms with E-state index in [0.717, 1.165) is 18.6 Å². The smallest absolute Gasteiger partial charge is 0.253 e. The first kappa shape index (κ1) is 15.6. The number of carbonyl (C=O) groups excluding carboxylic acids is 1. The molecule has 7 heteroatoms. The molecule has 2 fully saturated rings. The van der Waals surface area contributed by atoms with E-state index in [9.17, 15) is 13.2 Å². The highest BCUT2D eigenvalue weighted by Crippen LogP contribution is 2.44. The Hall–Kier alpha value is -1.27. The highest BCUT2D eigenvalue weighted by molar-refractivity contribution is 7.92. The molecule has 3 rings (SSSR count). The van der Waals surface area contributed by atoms with Gasteiger partial charge in [-0.15, -0.1) is 0 Å². The first-order chi connectivity index (χ1) is 10.3. The third-order valence-electron chi connectivity index (χ3n) is 4.57. The molecule has 1 aromatic rings. The Kier molecular flexibility index (Phi) is 4.07. The molecule has 0 radical (unpaired) electrons. The number of hydrogen-bond donors (Lipinski definition) is 2. The summed E-state index contributed by atoms with van der Waals surface area (Å²) in [6.07, 6.45) is 5.82. The van der Waals surface area contributed by atoms with Crippen molar-refractivity contribution < 1.29 is 13.2 Å². The number of rotatable bonds is 4. The minimum atomic E-state index is -3.36. The SMILES string of the molecule is CS(=O)(=O)Nc1ccc(C(=O)NC2CC3CCC2C3)c(Cl)c1. The average molecular weight is 343 g/mol. The Morgan fingerprint density at radius 3 is 2.59 bits per heavy atom. The summed E-state index contributed by atoms with van der Waals surface area (Å²) in [7, 11) is -3.36. The number of anilines is 1. The van der Waals surface area contributed by atoms with Crippen molar-refractivity contribution in [3.05, 3.63) is 28.8 Å².